The molecule has 0 atom stereocenters. The van der Waals surface area contributed by atoms with Crippen LogP contribution < -0.4 is 0 Å². The molecule has 0 aliphatic heterocycles. The number of rotatable bonds is 3. The van der Waals surface area contributed by atoms with Crippen molar-refractivity contribution >= 4 is 29.5 Å². The van der Waals surface area contributed by atoms with E-state index in [1.807, 2.05) is 0 Å². The molecule has 0 rings (SSSR count). The Balaban J connectivity index is 5.87. The van der Waals surface area contributed by atoms with Crippen LogP contribution in [0.2, 0.25) is 0 Å². The molecule has 80 valence electrons. The van der Waals surface area contributed by atoms with E-state index in [0.29, 0.717) is 18.8 Å². The summed E-state index contributed by atoms with van der Waals surface area (Å²) in [6, 6.07) is 0. The molecule has 0 saturated heterocycles. The van der Waals surface area contributed by atoms with Crippen molar-refractivity contribution in [3.8, 4) is 0 Å². The van der Waals surface area contributed by atoms with Gasteiger partial charge in [-0.2, -0.15) is 0 Å². The lowest BCUT2D eigenvalue weighted by molar-refractivity contribution is 0.580. The Morgan fingerprint density at radius 3 is 0.769 bits per heavy atom. The third-order valence-electron chi connectivity index (χ3n) is 1.05. The molecule has 0 bridgehead atoms. The first-order valence-electron chi connectivity index (χ1n) is 2.93. The maximum absolute atomic E-state index is 10.9. The second-order valence-corrected chi connectivity index (χ2v) is 10.1. The average molecular weight is 250 g/mol. The molecule has 0 aromatic rings. The van der Waals surface area contributed by atoms with Gasteiger partial charge in [-0.1, -0.05) is 0 Å². The molecule has 0 saturated carbocycles. The van der Waals surface area contributed by atoms with E-state index in [4.69, 9.17) is 0 Å². The molecule has 9 heteroatoms. The Morgan fingerprint density at radius 1 is 0.615 bits per heavy atom. The van der Waals surface area contributed by atoms with E-state index >= 15 is 0 Å². The van der Waals surface area contributed by atoms with Gasteiger partial charge in [0, 0.05) is 18.8 Å². The van der Waals surface area contributed by atoms with Gasteiger partial charge in [-0.25, -0.2) is 25.3 Å². The highest BCUT2D eigenvalue weighted by Crippen LogP contribution is 2.13. The van der Waals surface area contributed by atoms with Gasteiger partial charge in [0.2, 0.25) is 0 Å². The van der Waals surface area contributed by atoms with Crippen molar-refractivity contribution in [2.45, 2.75) is 3.91 Å². The summed E-state index contributed by atoms with van der Waals surface area (Å²) in [5.74, 6) is 0. The van der Waals surface area contributed by atoms with Crippen LogP contribution in [0.3, 0.4) is 0 Å². The van der Waals surface area contributed by atoms with Crippen molar-refractivity contribution in [2.24, 2.45) is 0 Å². The first-order valence-corrected chi connectivity index (χ1v) is 8.80. The molecular weight excluding hydrogens is 240 g/mol. The smallest absolute Gasteiger partial charge is 0.227 e. The van der Waals surface area contributed by atoms with Crippen LogP contribution in [0.4, 0.5) is 0 Å². The highest BCUT2D eigenvalue weighted by molar-refractivity contribution is 8.23. The molecule has 0 heterocycles. The summed E-state index contributed by atoms with van der Waals surface area (Å²) in [7, 11) is -12.5. The normalized spacial score (nSPS) is 14.8. The lowest BCUT2D eigenvalue weighted by atomic mass is 11.8. The lowest BCUT2D eigenvalue weighted by Gasteiger charge is -2.09. The van der Waals surface area contributed by atoms with Crippen LogP contribution in [-0.2, 0) is 29.5 Å². The van der Waals surface area contributed by atoms with Gasteiger partial charge in [-0.15, -0.1) is 0 Å². The third-order valence-corrected chi connectivity index (χ3v) is 9.44. The summed E-state index contributed by atoms with van der Waals surface area (Å²) in [6.07, 6.45) is 1.71. The summed E-state index contributed by atoms with van der Waals surface area (Å²) in [6.45, 7) is 0. The average Bonchev–Trinajstić information content (AvgIpc) is 1.44. The Kier molecular flexibility index (Phi) is 3.17. The highest BCUT2D eigenvalue weighted by Gasteiger charge is 2.40. The maximum Gasteiger partial charge on any atom is 0.261 e. The van der Waals surface area contributed by atoms with Gasteiger partial charge in [-0.05, 0) is 0 Å². The molecule has 0 aliphatic rings. The van der Waals surface area contributed by atoms with Gasteiger partial charge in [0.05, 0.1) is 0 Å². The van der Waals surface area contributed by atoms with Gasteiger partial charge in [-0.3, -0.25) is 0 Å². The van der Waals surface area contributed by atoms with E-state index in [1.54, 1.807) is 0 Å². The van der Waals surface area contributed by atoms with E-state index in [1.165, 1.54) is 0 Å². The largest absolute Gasteiger partial charge is 0.261 e. The first-order chi connectivity index (χ1) is 5.37. The van der Waals surface area contributed by atoms with E-state index in [2.05, 4.69) is 0 Å². The molecule has 0 aromatic carbocycles. The number of sulfone groups is 3. The predicted molar refractivity (Wildman–Crippen MR) is 48.3 cm³/mol. The predicted octanol–water partition coefficient (Wildman–Crippen LogP) is -1.60. The van der Waals surface area contributed by atoms with Crippen molar-refractivity contribution < 1.29 is 25.3 Å². The second kappa shape index (κ2) is 3.21. The zero-order valence-corrected chi connectivity index (χ0v) is 9.70. The third kappa shape index (κ3) is 3.61. The lowest BCUT2D eigenvalue weighted by Crippen LogP contribution is -2.35. The van der Waals surface area contributed by atoms with Gasteiger partial charge in [0.15, 0.2) is 29.5 Å². The first kappa shape index (κ1) is 12.8. The molecule has 0 N–H and O–H groups in total. The van der Waals surface area contributed by atoms with Gasteiger partial charge in [0.1, 0.15) is 0 Å². The molecule has 0 aromatic heterocycles. The topological polar surface area (TPSA) is 102 Å². The van der Waals surface area contributed by atoms with Crippen molar-refractivity contribution in [1.29, 1.82) is 0 Å². The molecular formula is C4H10O6S3. The van der Waals surface area contributed by atoms with Crippen molar-refractivity contribution in [3.05, 3.63) is 0 Å². The molecule has 0 unspecified atom stereocenters. The molecule has 0 amide bonds. The van der Waals surface area contributed by atoms with E-state index < -0.39 is 33.4 Å². The summed E-state index contributed by atoms with van der Waals surface area (Å²) in [5.41, 5.74) is 0. The summed E-state index contributed by atoms with van der Waals surface area (Å²) in [5, 5.41) is 0. The molecule has 6 nitrogen and oxygen atoms in total. The maximum atomic E-state index is 10.9. The monoisotopic (exact) mass is 250 g/mol. The van der Waals surface area contributed by atoms with Crippen LogP contribution in [-0.4, -0.2) is 47.9 Å². The molecule has 13 heavy (non-hydrogen) atoms. The Hall–Kier alpha value is -0.150. The van der Waals surface area contributed by atoms with Crippen LogP contribution in [0.15, 0.2) is 0 Å². The SMILES string of the molecule is CS(=O)(=O)C(S(C)(=O)=O)S(C)(=O)=O. The van der Waals surface area contributed by atoms with E-state index in [9.17, 15) is 25.3 Å². The fourth-order valence-corrected chi connectivity index (χ4v) is 8.57. The number of hydrogen-bond donors (Lipinski definition) is 0. The summed E-state index contributed by atoms with van der Waals surface area (Å²) in [4.78, 5) is 0. The van der Waals surface area contributed by atoms with E-state index in [-0.39, 0.29) is 0 Å². The van der Waals surface area contributed by atoms with Crippen LogP contribution >= 0.6 is 0 Å². The van der Waals surface area contributed by atoms with Crippen LogP contribution in [0.5, 0.6) is 0 Å². The van der Waals surface area contributed by atoms with Gasteiger partial charge < -0.3 is 0 Å². The summed E-state index contributed by atoms with van der Waals surface area (Å²) < 4.78 is 62.8. The highest BCUT2D eigenvalue weighted by atomic mass is 32.3. The van der Waals surface area contributed by atoms with Gasteiger partial charge >= 0.3 is 0 Å². The van der Waals surface area contributed by atoms with Crippen molar-refractivity contribution in [1.82, 2.24) is 0 Å². The minimum atomic E-state index is -4.16. The molecule has 0 radical (unpaired) electrons. The Labute approximate surface area is 77.7 Å². The van der Waals surface area contributed by atoms with Crippen LogP contribution in [0, 0.1) is 0 Å². The zero-order valence-electron chi connectivity index (χ0n) is 7.25. The minimum absolute atomic E-state index is 0.569. The van der Waals surface area contributed by atoms with Crippen molar-refractivity contribution in [3.63, 3.8) is 0 Å². The van der Waals surface area contributed by atoms with Gasteiger partial charge in [0.25, 0.3) is 3.91 Å². The Morgan fingerprint density at radius 2 is 0.769 bits per heavy atom. The van der Waals surface area contributed by atoms with Crippen molar-refractivity contribution in [2.75, 3.05) is 18.8 Å². The zero-order chi connectivity index (χ0) is 11.1. The Bertz CT molecular complexity index is 402. The van der Waals surface area contributed by atoms with E-state index in [0.717, 1.165) is 0 Å². The number of hydrogen-bond acceptors (Lipinski definition) is 6. The fourth-order valence-electron chi connectivity index (χ4n) is 0.953. The molecule has 0 fully saturated rings. The standard InChI is InChI=1S/C4H10O6S3/c1-11(5,6)4(12(2,7)8)13(3,9)10/h4H,1-3H3. The molecule has 0 aliphatic carbocycles. The quantitative estimate of drug-likeness (QED) is 0.598. The fraction of sp³-hybridized carbons (Fsp3) is 1.00. The van der Waals surface area contributed by atoms with Crippen LogP contribution in [0.25, 0.3) is 0 Å². The molecule has 0 spiro atoms. The summed E-state index contributed by atoms with van der Waals surface area (Å²) >= 11 is 0. The second-order valence-electron chi connectivity index (χ2n) is 2.78. The van der Waals surface area contributed by atoms with Crippen LogP contribution in [0.1, 0.15) is 0 Å². The minimum Gasteiger partial charge on any atom is -0.227 e.